The van der Waals surface area contributed by atoms with Crippen LogP contribution >= 0.6 is 0 Å². The molecule has 2 amide bonds. The lowest BCUT2D eigenvalue weighted by Crippen LogP contribution is -2.25. The minimum Gasteiger partial charge on any atom is -0.462 e. The van der Waals surface area contributed by atoms with E-state index in [1.54, 1.807) is 0 Å². The Morgan fingerprint density at radius 1 is 1.20 bits per heavy atom. The number of hydrogen-bond donors (Lipinski definition) is 1. The topological polar surface area (TPSA) is 83.9 Å². The van der Waals surface area contributed by atoms with Crippen molar-refractivity contribution in [3.8, 4) is 0 Å². The van der Waals surface area contributed by atoms with E-state index in [1.165, 1.54) is 18.2 Å². The van der Waals surface area contributed by atoms with Crippen molar-refractivity contribution in [2.24, 2.45) is 0 Å². The number of rotatable bonds is 5. The molecule has 1 aliphatic heterocycles. The van der Waals surface area contributed by atoms with Crippen LogP contribution < -0.4 is 0 Å². The molecule has 1 N–H and O–H groups in total. The molecule has 0 fully saturated rings. The third kappa shape index (κ3) is 2.55. The zero-order valence-electron chi connectivity index (χ0n) is 11.1. The van der Waals surface area contributed by atoms with E-state index in [-0.39, 0.29) is 21.8 Å². The van der Waals surface area contributed by atoms with Crippen LogP contribution in [0.2, 0.25) is 0 Å². The van der Waals surface area contributed by atoms with Gasteiger partial charge < -0.3 is 4.74 Å². The van der Waals surface area contributed by atoms with Crippen LogP contribution in [0.15, 0.2) is 18.2 Å². The zero-order valence-corrected chi connectivity index (χ0v) is 11.1. The summed E-state index contributed by atoms with van der Waals surface area (Å²) in [5.74, 6) is -2.15. The van der Waals surface area contributed by atoms with E-state index in [4.69, 9.17) is 4.74 Å². The van der Waals surface area contributed by atoms with Crippen LogP contribution in [-0.2, 0) is 4.74 Å². The van der Waals surface area contributed by atoms with Gasteiger partial charge in [-0.05, 0) is 24.6 Å². The number of imide groups is 1. The molecular formula is C14H15NO5. The molecule has 106 valence electrons. The van der Waals surface area contributed by atoms with Crippen LogP contribution in [0.4, 0.5) is 0 Å². The number of fused-ring (bicyclic) bond motifs is 1. The Morgan fingerprint density at radius 2 is 1.90 bits per heavy atom. The minimum atomic E-state index is -0.828. The van der Waals surface area contributed by atoms with E-state index < -0.39 is 17.8 Å². The molecule has 6 heteroatoms. The van der Waals surface area contributed by atoms with Crippen molar-refractivity contribution >= 4 is 17.8 Å². The summed E-state index contributed by atoms with van der Waals surface area (Å²) in [6.45, 7) is 2.37. The van der Waals surface area contributed by atoms with Crippen LogP contribution in [0.3, 0.4) is 0 Å². The summed E-state index contributed by atoms with van der Waals surface area (Å²) in [5.41, 5.74) is 0.289. The zero-order chi connectivity index (χ0) is 14.7. The second-order valence-electron chi connectivity index (χ2n) is 4.53. The van der Waals surface area contributed by atoms with Crippen LogP contribution in [0.5, 0.6) is 0 Å². The summed E-state index contributed by atoms with van der Waals surface area (Å²) in [5, 5.41) is 9.28. The molecule has 0 atom stereocenters. The number of ether oxygens (including phenoxy) is 1. The number of hydroxylamine groups is 2. The van der Waals surface area contributed by atoms with Crippen molar-refractivity contribution in [3.63, 3.8) is 0 Å². The quantitative estimate of drug-likeness (QED) is 0.385. The number of carbonyl (C=O) groups excluding carboxylic acids is 3. The number of carbonyl (C=O) groups is 3. The lowest BCUT2D eigenvalue weighted by atomic mass is 10.1. The Hall–Kier alpha value is -2.21. The highest BCUT2D eigenvalue weighted by molar-refractivity contribution is 6.20. The molecule has 0 unspecified atom stereocenters. The predicted octanol–water partition coefficient (Wildman–Crippen LogP) is 2.02. The number of benzene rings is 1. The molecule has 0 bridgehead atoms. The smallest absolute Gasteiger partial charge is 0.338 e. The summed E-state index contributed by atoms with van der Waals surface area (Å²) < 4.78 is 5.07. The van der Waals surface area contributed by atoms with Gasteiger partial charge in [-0.25, -0.2) is 4.79 Å². The van der Waals surface area contributed by atoms with Crippen LogP contribution in [0.25, 0.3) is 0 Å². The molecule has 0 aromatic heterocycles. The monoisotopic (exact) mass is 277 g/mol. The molecule has 0 saturated carbocycles. The molecule has 0 spiro atoms. The molecular weight excluding hydrogens is 262 g/mol. The standard InChI is InChI=1S/C14H15NO5/c1-2-3-4-7-20-14(18)9-5-6-10-11(8-9)13(17)15(19)12(10)16/h5-6,8,19H,2-4,7H2,1H3. The molecule has 1 heterocycles. The number of hydrogen-bond acceptors (Lipinski definition) is 5. The lowest BCUT2D eigenvalue weighted by molar-refractivity contribution is -0.0327. The van der Waals surface area contributed by atoms with E-state index in [9.17, 15) is 19.6 Å². The summed E-state index contributed by atoms with van der Waals surface area (Å²) in [4.78, 5) is 34.8. The van der Waals surface area contributed by atoms with Gasteiger partial charge in [0.1, 0.15) is 0 Å². The third-order valence-corrected chi connectivity index (χ3v) is 3.08. The first-order chi connectivity index (χ1) is 9.56. The van der Waals surface area contributed by atoms with Crippen molar-refractivity contribution in [3.05, 3.63) is 34.9 Å². The lowest BCUT2D eigenvalue weighted by Gasteiger charge is -2.05. The van der Waals surface area contributed by atoms with Crippen molar-refractivity contribution in [2.45, 2.75) is 26.2 Å². The number of esters is 1. The van der Waals surface area contributed by atoms with E-state index in [2.05, 4.69) is 0 Å². The molecule has 6 nitrogen and oxygen atoms in total. The Bertz CT molecular complexity index is 567. The second-order valence-corrected chi connectivity index (χ2v) is 4.53. The van der Waals surface area contributed by atoms with Crippen molar-refractivity contribution < 1.29 is 24.3 Å². The maximum absolute atomic E-state index is 11.8. The first-order valence-electron chi connectivity index (χ1n) is 6.45. The Balaban J connectivity index is 2.11. The van der Waals surface area contributed by atoms with Crippen LogP contribution in [-0.4, -0.2) is 34.7 Å². The number of amides is 2. The molecule has 20 heavy (non-hydrogen) atoms. The fourth-order valence-electron chi connectivity index (χ4n) is 1.96. The average molecular weight is 277 g/mol. The van der Waals surface area contributed by atoms with Gasteiger partial charge in [0, 0.05) is 0 Å². The summed E-state index contributed by atoms with van der Waals surface area (Å²) in [6, 6.07) is 4.02. The van der Waals surface area contributed by atoms with E-state index in [0.29, 0.717) is 6.61 Å². The van der Waals surface area contributed by atoms with E-state index in [0.717, 1.165) is 19.3 Å². The van der Waals surface area contributed by atoms with E-state index >= 15 is 0 Å². The fourth-order valence-corrected chi connectivity index (χ4v) is 1.96. The van der Waals surface area contributed by atoms with Crippen molar-refractivity contribution in [1.82, 2.24) is 5.06 Å². The maximum atomic E-state index is 11.8. The minimum absolute atomic E-state index is 0.0144. The van der Waals surface area contributed by atoms with Crippen LogP contribution in [0.1, 0.15) is 57.3 Å². The third-order valence-electron chi connectivity index (χ3n) is 3.08. The number of unbranched alkanes of at least 4 members (excludes halogenated alkanes) is 2. The molecule has 0 radical (unpaired) electrons. The van der Waals surface area contributed by atoms with Gasteiger partial charge in [-0.3, -0.25) is 14.8 Å². The summed E-state index contributed by atoms with van der Waals surface area (Å²) in [7, 11) is 0. The van der Waals surface area contributed by atoms with Gasteiger partial charge in [-0.2, -0.15) is 0 Å². The van der Waals surface area contributed by atoms with Gasteiger partial charge in [0.15, 0.2) is 0 Å². The van der Waals surface area contributed by atoms with Gasteiger partial charge in [0.05, 0.1) is 23.3 Å². The Kier molecular flexibility index (Phi) is 4.14. The SMILES string of the molecule is CCCCCOC(=O)c1ccc2c(c1)C(=O)N(O)C2=O. The molecule has 1 aromatic carbocycles. The van der Waals surface area contributed by atoms with Gasteiger partial charge in [-0.15, -0.1) is 5.06 Å². The van der Waals surface area contributed by atoms with Gasteiger partial charge in [0.25, 0.3) is 11.8 Å². The van der Waals surface area contributed by atoms with Gasteiger partial charge >= 0.3 is 5.97 Å². The summed E-state index contributed by atoms with van der Waals surface area (Å²) in [6.07, 6.45) is 2.79. The maximum Gasteiger partial charge on any atom is 0.338 e. The average Bonchev–Trinajstić information content (AvgIpc) is 2.68. The van der Waals surface area contributed by atoms with Crippen molar-refractivity contribution in [1.29, 1.82) is 0 Å². The highest BCUT2D eigenvalue weighted by atomic mass is 16.5. The van der Waals surface area contributed by atoms with E-state index in [1.807, 2.05) is 6.92 Å². The Morgan fingerprint density at radius 3 is 2.60 bits per heavy atom. The normalized spacial score (nSPS) is 13.6. The number of nitrogens with zero attached hydrogens (tertiary/aromatic N) is 1. The first kappa shape index (κ1) is 14.2. The second kappa shape index (κ2) is 5.83. The van der Waals surface area contributed by atoms with Crippen molar-refractivity contribution in [2.75, 3.05) is 6.61 Å². The summed E-state index contributed by atoms with van der Waals surface area (Å²) >= 11 is 0. The Labute approximate surface area is 115 Å². The largest absolute Gasteiger partial charge is 0.462 e. The molecule has 0 aliphatic carbocycles. The van der Waals surface area contributed by atoms with Gasteiger partial charge in [0.2, 0.25) is 0 Å². The molecule has 1 aromatic rings. The predicted molar refractivity (Wildman–Crippen MR) is 68.5 cm³/mol. The van der Waals surface area contributed by atoms with Gasteiger partial charge in [-0.1, -0.05) is 19.8 Å². The highest BCUT2D eigenvalue weighted by Crippen LogP contribution is 2.22. The fraction of sp³-hybridized carbons (Fsp3) is 0.357. The molecule has 0 saturated heterocycles. The highest BCUT2D eigenvalue weighted by Gasteiger charge is 2.35. The van der Waals surface area contributed by atoms with Crippen LogP contribution in [0, 0.1) is 0 Å². The first-order valence-corrected chi connectivity index (χ1v) is 6.45. The molecule has 1 aliphatic rings. The molecule has 2 rings (SSSR count).